The molecule has 0 radical (unpaired) electrons. The number of furan rings is 1. The van der Waals surface area contributed by atoms with Crippen LogP contribution in [0.15, 0.2) is 21.4 Å². The largest absolute Gasteiger partial charge is 0.457 e. The number of hydrogen-bond acceptors (Lipinski definition) is 2. The van der Waals surface area contributed by atoms with E-state index in [0.717, 1.165) is 16.7 Å². The summed E-state index contributed by atoms with van der Waals surface area (Å²) in [7, 11) is 0. The molecule has 3 heteroatoms. The first-order chi connectivity index (χ1) is 6.16. The average Bonchev–Trinajstić information content (AvgIpc) is 2.50. The van der Waals surface area contributed by atoms with Crippen molar-refractivity contribution in [1.82, 2.24) is 0 Å². The van der Waals surface area contributed by atoms with Crippen molar-refractivity contribution in [3.05, 3.63) is 22.6 Å². The average molecular weight is 246 g/mol. The Hall–Kier alpha value is -0.280. The first-order valence-corrected chi connectivity index (χ1v) is 5.44. The maximum atomic E-state index is 6.08. The summed E-state index contributed by atoms with van der Waals surface area (Å²) < 4.78 is 5.92. The Morgan fingerprint density at radius 2 is 2.31 bits per heavy atom. The Morgan fingerprint density at radius 1 is 1.62 bits per heavy atom. The second kappa shape index (κ2) is 4.82. The number of halogens is 1. The normalized spacial score (nSPS) is 15.7. The molecule has 0 aliphatic rings. The lowest BCUT2D eigenvalue weighted by Gasteiger charge is -2.18. The third kappa shape index (κ3) is 2.58. The van der Waals surface area contributed by atoms with Gasteiger partial charge < -0.3 is 10.2 Å². The van der Waals surface area contributed by atoms with Crippen LogP contribution in [-0.4, -0.2) is 0 Å². The fourth-order valence-corrected chi connectivity index (χ4v) is 1.99. The molecule has 2 unspecified atom stereocenters. The summed E-state index contributed by atoms with van der Waals surface area (Å²) in [6.07, 6.45) is 3.99. The van der Waals surface area contributed by atoms with Crippen molar-refractivity contribution in [3.63, 3.8) is 0 Å². The summed E-state index contributed by atoms with van der Waals surface area (Å²) in [5.41, 5.74) is 7.15. The molecule has 74 valence electrons. The molecule has 0 saturated heterocycles. The maximum Gasteiger partial charge on any atom is 0.173 e. The Kier molecular flexibility index (Phi) is 4.00. The highest BCUT2D eigenvalue weighted by Crippen LogP contribution is 2.29. The van der Waals surface area contributed by atoms with Crippen LogP contribution in [0, 0.1) is 5.92 Å². The molecule has 0 amide bonds. The second-order valence-electron chi connectivity index (χ2n) is 3.44. The highest BCUT2D eigenvalue weighted by Gasteiger charge is 2.17. The third-order valence-corrected chi connectivity index (χ3v) is 3.01. The molecule has 2 nitrogen and oxygen atoms in total. The predicted octanol–water partition coefficient (Wildman–Crippen LogP) is 3.48. The van der Waals surface area contributed by atoms with Crippen molar-refractivity contribution >= 4 is 15.9 Å². The highest BCUT2D eigenvalue weighted by molar-refractivity contribution is 9.10. The van der Waals surface area contributed by atoms with Crippen LogP contribution in [0.4, 0.5) is 0 Å². The van der Waals surface area contributed by atoms with Gasteiger partial charge in [0.1, 0.15) is 0 Å². The quantitative estimate of drug-likeness (QED) is 0.883. The molecule has 2 N–H and O–H groups in total. The van der Waals surface area contributed by atoms with Crippen molar-refractivity contribution < 1.29 is 4.42 Å². The molecule has 0 bridgehead atoms. The fourth-order valence-electron chi connectivity index (χ4n) is 1.48. The van der Waals surface area contributed by atoms with E-state index in [4.69, 9.17) is 10.2 Å². The standard InChI is InChI=1S/C10H16BrNO/c1-3-4-7(2)9(12)8-5-6-13-10(8)11/h5-7,9H,3-4,12H2,1-2H3. The summed E-state index contributed by atoms with van der Waals surface area (Å²) in [4.78, 5) is 0. The topological polar surface area (TPSA) is 39.2 Å². The first kappa shape index (κ1) is 10.8. The lowest BCUT2D eigenvalue weighted by molar-refractivity contribution is 0.425. The van der Waals surface area contributed by atoms with E-state index in [1.54, 1.807) is 6.26 Å². The Labute approximate surface area is 87.6 Å². The van der Waals surface area contributed by atoms with E-state index in [1.165, 1.54) is 6.42 Å². The summed E-state index contributed by atoms with van der Waals surface area (Å²) in [5.74, 6) is 0.499. The number of rotatable bonds is 4. The molecule has 2 atom stereocenters. The van der Waals surface area contributed by atoms with E-state index in [9.17, 15) is 0 Å². The zero-order valence-corrected chi connectivity index (χ0v) is 9.67. The number of nitrogens with two attached hydrogens (primary N) is 1. The third-order valence-electron chi connectivity index (χ3n) is 2.36. The van der Waals surface area contributed by atoms with Crippen LogP contribution in [0.25, 0.3) is 0 Å². The SMILES string of the molecule is CCCC(C)C(N)c1ccoc1Br. The Morgan fingerprint density at radius 3 is 2.77 bits per heavy atom. The van der Waals surface area contributed by atoms with Crippen molar-refractivity contribution in [3.8, 4) is 0 Å². The molecule has 13 heavy (non-hydrogen) atoms. The molecule has 0 aliphatic heterocycles. The monoisotopic (exact) mass is 245 g/mol. The minimum atomic E-state index is 0.0769. The minimum Gasteiger partial charge on any atom is -0.457 e. The Balaban J connectivity index is 2.67. The minimum absolute atomic E-state index is 0.0769. The maximum absolute atomic E-state index is 6.08. The molecule has 0 spiro atoms. The van der Waals surface area contributed by atoms with Gasteiger partial charge in [-0.3, -0.25) is 0 Å². The molecular weight excluding hydrogens is 230 g/mol. The van der Waals surface area contributed by atoms with Gasteiger partial charge in [0.25, 0.3) is 0 Å². The van der Waals surface area contributed by atoms with Crippen molar-refractivity contribution in [2.75, 3.05) is 0 Å². The van der Waals surface area contributed by atoms with Crippen LogP contribution in [0.5, 0.6) is 0 Å². The van der Waals surface area contributed by atoms with Crippen LogP contribution < -0.4 is 5.73 Å². The fraction of sp³-hybridized carbons (Fsp3) is 0.600. The molecule has 1 heterocycles. The van der Waals surface area contributed by atoms with Gasteiger partial charge in [0.15, 0.2) is 4.67 Å². The van der Waals surface area contributed by atoms with Crippen LogP contribution >= 0.6 is 15.9 Å². The molecule has 1 aromatic rings. The van der Waals surface area contributed by atoms with Crippen LogP contribution in [0.1, 0.15) is 38.3 Å². The van der Waals surface area contributed by atoms with Crippen LogP contribution in [0.3, 0.4) is 0 Å². The molecule has 0 aliphatic carbocycles. The van der Waals surface area contributed by atoms with Gasteiger partial charge in [0.2, 0.25) is 0 Å². The molecule has 1 aromatic heterocycles. The van der Waals surface area contributed by atoms with Gasteiger partial charge in [-0.15, -0.1) is 0 Å². The highest BCUT2D eigenvalue weighted by atomic mass is 79.9. The molecule has 0 fully saturated rings. The van der Waals surface area contributed by atoms with Gasteiger partial charge in [-0.2, -0.15) is 0 Å². The van der Waals surface area contributed by atoms with E-state index in [-0.39, 0.29) is 6.04 Å². The lowest BCUT2D eigenvalue weighted by atomic mass is 9.93. The molecule has 1 rings (SSSR count). The molecule has 0 aromatic carbocycles. The van der Waals surface area contributed by atoms with Crippen molar-refractivity contribution in [2.45, 2.75) is 32.7 Å². The van der Waals surface area contributed by atoms with Gasteiger partial charge in [0, 0.05) is 11.6 Å². The van der Waals surface area contributed by atoms with Gasteiger partial charge in [-0.1, -0.05) is 20.3 Å². The number of hydrogen-bond donors (Lipinski definition) is 1. The summed E-state index contributed by atoms with van der Waals surface area (Å²) in [5, 5.41) is 0. The van der Waals surface area contributed by atoms with E-state index >= 15 is 0 Å². The Bertz CT molecular complexity index is 259. The van der Waals surface area contributed by atoms with Gasteiger partial charge >= 0.3 is 0 Å². The van der Waals surface area contributed by atoms with E-state index in [2.05, 4.69) is 29.8 Å². The van der Waals surface area contributed by atoms with Crippen molar-refractivity contribution in [2.24, 2.45) is 11.7 Å². The molecular formula is C10H16BrNO. The zero-order chi connectivity index (χ0) is 9.84. The first-order valence-electron chi connectivity index (χ1n) is 4.65. The molecule has 0 saturated carbocycles. The van der Waals surface area contributed by atoms with Crippen LogP contribution in [-0.2, 0) is 0 Å². The van der Waals surface area contributed by atoms with Gasteiger partial charge in [-0.05, 0) is 34.3 Å². The lowest BCUT2D eigenvalue weighted by Crippen LogP contribution is -2.18. The zero-order valence-electron chi connectivity index (χ0n) is 8.09. The summed E-state index contributed by atoms with van der Waals surface area (Å²) >= 11 is 3.34. The van der Waals surface area contributed by atoms with Crippen LogP contribution in [0.2, 0.25) is 0 Å². The predicted molar refractivity (Wildman–Crippen MR) is 57.4 cm³/mol. The second-order valence-corrected chi connectivity index (χ2v) is 4.16. The van der Waals surface area contributed by atoms with E-state index < -0.39 is 0 Å². The summed E-state index contributed by atoms with van der Waals surface area (Å²) in [6, 6.07) is 2.01. The van der Waals surface area contributed by atoms with Crippen molar-refractivity contribution in [1.29, 1.82) is 0 Å². The van der Waals surface area contributed by atoms with Gasteiger partial charge in [0.05, 0.1) is 6.26 Å². The summed E-state index contributed by atoms with van der Waals surface area (Å²) in [6.45, 7) is 4.35. The smallest absolute Gasteiger partial charge is 0.173 e. The van der Waals surface area contributed by atoms with E-state index in [1.807, 2.05) is 6.07 Å². The van der Waals surface area contributed by atoms with E-state index in [0.29, 0.717) is 5.92 Å². The van der Waals surface area contributed by atoms with Gasteiger partial charge in [-0.25, -0.2) is 0 Å².